The molecule has 1 aliphatic rings. The van der Waals surface area contributed by atoms with Crippen molar-refractivity contribution in [2.75, 3.05) is 0 Å². The van der Waals surface area contributed by atoms with E-state index >= 15 is 0 Å². The summed E-state index contributed by atoms with van der Waals surface area (Å²) in [5.41, 5.74) is 2.54. The first-order valence-electron chi connectivity index (χ1n) is 9.87. The van der Waals surface area contributed by atoms with E-state index in [4.69, 9.17) is 9.15 Å². The van der Waals surface area contributed by atoms with E-state index in [1.807, 2.05) is 37.3 Å². The molecule has 0 amide bonds. The predicted octanol–water partition coefficient (Wildman–Crippen LogP) is 5.50. The molecule has 1 heterocycles. The van der Waals surface area contributed by atoms with Gasteiger partial charge in [0, 0.05) is 5.39 Å². The minimum Gasteiger partial charge on any atom is -0.459 e. The van der Waals surface area contributed by atoms with Gasteiger partial charge >= 0.3 is 11.6 Å². The molecule has 2 atom stereocenters. The van der Waals surface area contributed by atoms with E-state index in [1.54, 1.807) is 18.2 Å². The molecule has 0 radical (unpaired) electrons. The average molecular weight is 376 g/mol. The molecule has 0 aliphatic heterocycles. The lowest BCUT2D eigenvalue weighted by Crippen LogP contribution is -2.25. The fourth-order valence-corrected chi connectivity index (χ4v) is 4.10. The lowest BCUT2D eigenvalue weighted by Gasteiger charge is -2.26. The van der Waals surface area contributed by atoms with E-state index in [0.717, 1.165) is 30.2 Å². The van der Waals surface area contributed by atoms with Crippen molar-refractivity contribution in [2.45, 2.75) is 45.6 Å². The Morgan fingerprint density at radius 1 is 1.07 bits per heavy atom. The molecule has 4 nitrogen and oxygen atoms in total. The lowest BCUT2D eigenvalue weighted by atomic mass is 9.88. The van der Waals surface area contributed by atoms with E-state index in [0.29, 0.717) is 28.2 Å². The highest BCUT2D eigenvalue weighted by Crippen LogP contribution is 2.29. The topological polar surface area (TPSA) is 56.5 Å². The molecule has 2 aromatic carbocycles. The van der Waals surface area contributed by atoms with Gasteiger partial charge in [-0.15, -0.1) is 0 Å². The zero-order chi connectivity index (χ0) is 19.7. The molecule has 0 unspecified atom stereocenters. The number of hydrogen-bond donors (Lipinski definition) is 0. The number of para-hydroxylation sites is 1. The van der Waals surface area contributed by atoms with Gasteiger partial charge in [-0.1, -0.05) is 43.7 Å². The molecule has 0 spiro atoms. The summed E-state index contributed by atoms with van der Waals surface area (Å²) in [5.74, 6) is 0.268. The first-order valence-corrected chi connectivity index (χ1v) is 9.87. The molecule has 0 saturated heterocycles. The van der Waals surface area contributed by atoms with Gasteiger partial charge in [0.15, 0.2) is 0 Å². The van der Waals surface area contributed by atoms with Crippen LogP contribution in [0.3, 0.4) is 0 Å². The van der Waals surface area contributed by atoms with Crippen LogP contribution in [-0.2, 0) is 4.74 Å². The fraction of sp³-hybridized carbons (Fsp3) is 0.333. The third kappa shape index (κ3) is 3.59. The molecule has 1 aromatic heterocycles. The van der Waals surface area contributed by atoms with E-state index in [-0.39, 0.29) is 12.1 Å². The van der Waals surface area contributed by atoms with Gasteiger partial charge in [0.05, 0.1) is 11.1 Å². The van der Waals surface area contributed by atoms with Crippen LogP contribution < -0.4 is 5.63 Å². The highest BCUT2D eigenvalue weighted by atomic mass is 16.5. The summed E-state index contributed by atoms with van der Waals surface area (Å²) < 4.78 is 11.2. The zero-order valence-electron chi connectivity index (χ0n) is 16.2. The number of fused-ring (bicyclic) bond motifs is 1. The summed E-state index contributed by atoms with van der Waals surface area (Å²) >= 11 is 0. The number of esters is 1. The van der Waals surface area contributed by atoms with Crippen LogP contribution >= 0.6 is 0 Å². The van der Waals surface area contributed by atoms with Crippen molar-refractivity contribution in [1.82, 2.24) is 0 Å². The molecule has 1 fully saturated rings. The van der Waals surface area contributed by atoms with E-state index in [1.165, 1.54) is 6.42 Å². The van der Waals surface area contributed by atoms with Crippen LogP contribution in [0.4, 0.5) is 0 Å². The maximum Gasteiger partial charge on any atom is 0.344 e. The van der Waals surface area contributed by atoms with Crippen LogP contribution in [0.5, 0.6) is 0 Å². The zero-order valence-corrected chi connectivity index (χ0v) is 16.2. The van der Waals surface area contributed by atoms with Gasteiger partial charge in [-0.3, -0.25) is 0 Å². The Bertz CT molecular complexity index is 1080. The smallest absolute Gasteiger partial charge is 0.344 e. The van der Waals surface area contributed by atoms with Crippen molar-refractivity contribution in [3.8, 4) is 11.1 Å². The van der Waals surface area contributed by atoms with Gasteiger partial charge in [-0.05, 0) is 61.4 Å². The van der Waals surface area contributed by atoms with Crippen molar-refractivity contribution in [3.05, 3.63) is 70.1 Å². The van der Waals surface area contributed by atoms with Gasteiger partial charge in [-0.2, -0.15) is 0 Å². The molecule has 1 aliphatic carbocycles. The van der Waals surface area contributed by atoms with Crippen molar-refractivity contribution >= 4 is 16.9 Å². The summed E-state index contributed by atoms with van der Waals surface area (Å²) in [5, 5.41) is 0.848. The van der Waals surface area contributed by atoms with Crippen LogP contribution in [0.1, 0.15) is 48.5 Å². The number of carbonyl (C=O) groups excluding carboxylic acids is 1. The second kappa shape index (κ2) is 7.63. The number of benzene rings is 2. The molecule has 0 N–H and O–H groups in total. The lowest BCUT2D eigenvalue weighted by molar-refractivity contribution is 0.0154. The standard InChI is InChI=1S/C24H24O4/c1-15-7-5-9-18(13-15)27-23(25)20-11-6-10-19(16(20)2)21-14-17-8-3-4-12-22(17)28-24(21)26/h3-4,6,8,10-12,14-15,18H,5,7,9,13H2,1-2H3/t15-,18-/m1/s1. The largest absolute Gasteiger partial charge is 0.459 e. The van der Waals surface area contributed by atoms with Crippen molar-refractivity contribution < 1.29 is 13.9 Å². The molecule has 0 bridgehead atoms. The molecule has 144 valence electrons. The highest BCUT2D eigenvalue weighted by Gasteiger charge is 2.24. The molecule has 28 heavy (non-hydrogen) atoms. The second-order valence-corrected chi connectivity index (χ2v) is 7.76. The number of rotatable bonds is 3. The van der Waals surface area contributed by atoms with Gasteiger partial charge in [0.1, 0.15) is 11.7 Å². The van der Waals surface area contributed by atoms with Crippen LogP contribution in [0, 0.1) is 12.8 Å². The maximum atomic E-state index is 12.8. The second-order valence-electron chi connectivity index (χ2n) is 7.76. The molecular weight excluding hydrogens is 352 g/mol. The number of carbonyl (C=O) groups is 1. The maximum absolute atomic E-state index is 12.8. The van der Waals surface area contributed by atoms with Crippen LogP contribution in [0.2, 0.25) is 0 Å². The average Bonchev–Trinajstić information content (AvgIpc) is 2.68. The van der Waals surface area contributed by atoms with Gasteiger partial charge in [-0.25, -0.2) is 9.59 Å². The monoisotopic (exact) mass is 376 g/mol. The summed E-state index contributed by atoms with van der Waals surface area (Å²) in [7, 11) is 0. The summed E-state index contributed by atoms with van der Waals surface area (Å²) in [4.78, 5) is 25.3. The Kier molecular flexibility index (Phi) is 5.03. The van der Waals surface area contributed by atoms with E-state index in [9.17, 15) is 9.59 Å². The van der Waals surface area contributed by atoms with Crippen molar-refractivity contribution in [2.24, 2.45) is 5.92 Å². The Balaban J connectivity index is 1.68. The Hall–Kier alpha value is -2.88. The van der Waals surface area contributed by atoms with Crippen molar-refractivity contribution in [1.29, 1.82) is 0 Å². The normalized spacial score (nSPS) is 19.5. The predicted molar refractivity (Wildman–Crippen MR) is 109 cm³/mol. The summed E-state index contributed by atoms with van der Waals surface area (Å²) in [6.07, 6.45) is 4.10. The number of hydrogen-bond acceptors (Lipinski definition) is 4. The highest BCUT2D eigenvalue weighted by molar-refractivity contribution is 5.94. The molecule has 3 aromatic rings. The van der Waals surface area contributed by atoms with E-state index < -0.39 is 5.63 Å². The van der Waals surface area contributed by atoms with Gasteiger partial charge in [0.2, 0.25) is 0 Å². The van der Waals surface area contributed by atoms with Crippen LogP contribution in [-0.4, -0.2) is 12.1 Å². The molecule has 4 heteroatoms. The first kappa shape index (κ1) is 18.5. The quantitative estimate of drug-likeness (QED) is 0.447. The molecule has 1 saturated carbocycles. The third-order valence-electron chi connectivity index (χ3n) is 5.65. The van der Waals surface area contributed by atoms with Gasteiger partial charge < -0.3 is 9.15 Å². The summed E-state index contributed by atoms with van der Waals surface area (Å²) in [6.45, 7) is 4.05. The van der Waals surface area contributed by atoms with Crippen molar-refractivity contribution in [3.63, 3.8) is 0 Å². The fourth-order valence-electron chi connectivity index (χ4n) is 4.10. The Morgan fingerprint density at radius 2 is 1.89 bits per heavy atom. The third-order valence-corrected chi connectivity index (χ3v) is 5.65. The molecule has 4 rings (SSSR count). The number of ether oxygens (including phenoxy) is 1. The Labute approximate surface area is 164 Å². The van der Waals surface area contributed by atoms with Gasteiger partial charge in [0.25, 0.3) is 0 Å². The minimum absolute atomic E-state index is 0.0231. The van der Waals surface area contributed by atoms with Crippen LogP contribution in [0.25, 0.3) is 22.1 Å². The first-order chi connectivity index (χ1) is 13.5. The van der Waals surface area contributed by atoms with E-state index in [2.05, 4.69) is 6.92 Å². The SMILES string of the molecule is Cc1c(C(=O)O[C@@H]2CCC[C@@H](C)C2)cccc1-c1cc2ccccc2oc1=O. The summed E-state index contributed by atoms with van der Waals surface area (Å²) in [6, 6.07) is 14.6. The van der Waals surface area contributed by atoms with Crippen LogP contribution in [0.15, 0.2) is 57.7 Å². The molecular formula is C24H24O4. The minimum atomic E-state index is -0.409. The Morgan fingerprint density at radius 3 is 2.71 bits per heavy atom.